The van der Waals surface area contributed by atoms with Crippen molar-refractivity contribution in [2.75, 3.05) is 5.43 Å². The van der Waals surface area contributed by atoms with Gasteiger partial charge in [0.2, 0.25) is 5.82 Å². The molecule has 0 fully saturated rings. The first-order valence-electron chi connectivity index (χ1n) is 8.02. The number of nitrogens with one attached hydrogen (secondary N) is 2. The van der Waals surface area contributed by atoms with E-state index in [1.807, 2.05) is 59.9 Å². The SMILES string of the molecule is CC(=N)C(=NNc1nc(-c2ccccc2)no1)C1=Nc2ccccc2[NH2+]1. The summed E-state index contributed by atoms with van der Waals surface area (Å²) in [7, 11) is 0. The predicted octanol–water partition coefficient (Wildman–Crippen LogP) is 2.48. The number of quaternary nitrogens is 1. The van der Waals surface area contributed by atoms with E-state index in [1.165, 1.54) is 0 Å². The minimum absolute atomic E-state index is 0.152. The number of benzene rings is 2. The molecule has 8 nitrogen and oxygen atoms in total. The second kappa shape index (κ2) is 6.69. The Kier molecular flexibility index (Phi) is 4.08. The molecule has 1 aliphatic rings. The molecule has 4 N–H and O–H groups in total. The molecule has 0 saturated heterocycles. The smallest absolute Gasteiger partial charge is 0.313 e. The van der Waals surface area contributed by atoms with Crippen LogP contribution in [0.4, 0.5) is 17.4 Å². The van der Waals surface area contributed by atoms with Crippen LogP contribution in [0.3, 0.4) is 0 Å². The van der Waals surface area contributed by atoms with Gasteiger partial charge in [0, 0.05) is 11.6 Å². The third kappa shape index (κ3) is 3.13. The summed E-state index contributed by atoms with van der Waals surface area (Å²) in [6, 6.07) is 17.4. The number of para-hydroxylation sites is 2. The molecule has 1 aliphatic heterocycles. The number of anilines is 1. The van der Waals surface area contributed by atoms with Gasteiger partial charge in [-0.2, -0.15) is 15.1 Å². The second-order valence-electron chi connectivity index (χ2n) is 5.69. The number of hydrogen-bond donors (Lipinski definition) is 3. The summed E-state index contributed by atoms with van der Waals surface area (Å²) in [4.78, 5) is 8.78. The van der Waals surface area contributed by atoms with Crippen molar-refractivity contribution in [3.8, 4) is 11.4 Å². The summed E-state index contributed by atoms with van der Waals surface area (Å²) >= 11 is 0. The van der Waals surface area contributed by atoms with Gasteiger partial charge in [-0.15, -0.1) is 0 Å². The van der Waals surface area contributed by atoms with Crippen molar-refractivity contribution in [2.24, 2.45) is 10.1 Å². The van der Waals surface area contributed by atoms with Gasteiger partial charge in [-0.05, 0) is 13.0 Å². The first kappa shape index (κ1) is 15.9. The number of hydrogen-bond acceptors (Lipinski definition) is 7. The van der Waals surface area contributed by atoms with Crippen LogP contribution >= 0.6 is 0 Å². The number of amidine groups is 1. The monoisotopic (exact) mass is 346 g/mol. The molecule has 0 bridgehead atoms. The topological polar surface area (TPSA) is 116 Å². The van der Waals surface area contributed by atoms with Crippen LogP contribution in [0.5, 0.6) is 0 Å². The largest absolute Gasteiger partial charge is 0.342 e. The fraction of sp³-hybridized carbons (Fsp3) is 0.0556. The lowest BCUT2D eigenvalue weighted by atomic mass is 10.2. The predicted molar refractivity (Wildman–Crippen MR) is 99.3 cm³/mol. The molecule has 0 amide bonds. The molecule has 8 heteroatoms. The van der Waals surface area contributed by atoms with Gasteiger partial charge in [0.25, 0.3) is 5.84 Å². The van der Waals surface area contributed by atoms with Crippen molar-refractivity contribution >= 4 is 34.6 Å². The Morgan fingerprint density at radius 2 is 1.88 bits per heavy atom. The molecule has 3 aromatic rings. The summed E-state index contributed by atoms with van der Waals surface area (Å²) in [5.41, 5.74) is 6.13. The molecule has 2 heterocycles. The first-order chi connectivity index (χ1) is 12.7. The van der Waals surface area contributed by atoms with E-state index in [0.717, 1.165) is 16.9 Å². The third-order valence-corrected chi connectivity index (χ3v) is 3.79. The van der Waals surface area contributed by atoms with Gasteiger partial charge in [-0.3, -0.25) is 5.32 Å². The number of rotatable bonds is 5. The molecule has 128 valence electrons. The third-order valence-electron chi connectivity index (χ3n) is 3.79. The number of hydrazone groups is 1. The van der Waals surface area contributed by atoms with Gasteiger partial charge in [-0.1, -0.05) is 47.6 Å². The van der Waals surface area contributed by atoms with Gasteiger partial charge in [0.05, 0.1) is 5.71 Å². The summed E-state index contributed by atoms with van der Waals surface area (Å²) in [5, 5.41) is 18.1. The van der Waals surface area contributed by atoms with Crippen molar-refractivity contribution in [3.05, 3.63) is 54.6 Å². The molecular weight excluding hydrogens is 330 g/mol. The molecule has 1 aromatic heterocycles. The maximum atomic E-state index is 7.99. The van der Waals surface area contributed by atoms with Crippen molar-refractivity contribution in [1.29, 1.82) is 5.41 Å². The molecule has 26 heavy (non-hydrogen) atoms. The Hall–Kier alpha value is -3.65. The number of aliphatic imine (C=N–C) groups is 1. The van der Waals surface area contributed by atoms with Crippen LogP contribution in [-0.2, 0) is 0 Å². The van der Waals surface area contributed by atoms with E-state index in [2.05, 4.69) is 25.7 Å². The maximum absolute atomic E-state index is 7.99. The standard InChI is InChI=1S/C18H15N7O/c1-11(19)15(17-20-13-9-5-6-10-14(13)21-17)23-24-18-22-16(25-26-18)12-7-3-2-4-8-12/h2-10,19H,1H3,(H,20,21)(H,22,24,25)/p+1. The molecule has 0 atom stereocenters. The van der Waals surface area contributed by atoms with E-state index >= 15 is 0 Å². The van der Waals surface area contributed by atoms with Crippen LogP contribution in [0.25, 0.3) is 11.4 Å². The van der Waals surface area contributed by atoms with Crippen LogP contribution < -0.4 is 10.7 Å². The molecule has 0 radical (unpaired) electrons. The average molecular weight is 346 g/mol. The van der Waals surface area contributed by atoms with E-state index in [0.29, 0.717) is 17.4 Å². The van der Waals surface area contributed by atoms with E-state index in [9.17, 15) is 0 Å². The number of fused-ring (bicyclic) bond motifs is 1. The minimum Gasteiger partial charge on any atom is -0.313 e. The second-order valence-corrected chi connectivity index (χ2v) is 5.69. The molecule has 0 unspecified atom stereocenters. The van der Waals surface area contributed by atoms with Crippen LogP contribution in [0, 0.1) is 5.41 Å². The molecule has 0 saturated carbocycles. The summed E-state index contributed by atoms with van der Waals surface area (Å²) in [6.45, 7) is 1.66. The van der Waals surface area contributed by atoms with E-state index in [-0.39, 0.29) is 11.7 Å². The van der Waals surface area contributed by atoms with E-state index in [1.54, 1.807) is 6.92 Å². The zero-order valence-corrected chi connectivity index (χ0v) is 14.0. The zero-order chi connectivity index (χ0) is 17.9. The average Bonchev–Trinajstić information content (AvgIpc) is 3.29. The lowest BCUT2D eigenvalue weighted by molar-refractivity contribution is -0.434. The molecular formula is C18H16N7O+. The van der Waals surface area contributed by atoms with Crippen LogP contribution in [0.1, 0.15) is 6.92 Å². The van der Waals surface area contributed by atoms with E-state index < -0.39 is 0 Å². The van der Waals surface area contributed by atoms with Crippen LogP contribution in [0.2, 0.25) is 0 Å². The summed E-state index contributed by atoms with van der Waals surface area (Å²) < 4.78 is 5.17. The zero-order valence-electron chi connectivity index (χ0n) is 14.0. The lowest BCUT2D eigenvalue weighted by Gasteiger charge is -2.01. The van der Waals surface area contributed by atoms with Crippen molar-refractivity contribution in [3.63, 3.8) is 0 Å². The number of aromatic nitrogens is 2. The Bertz CT molecular complexity index is 1020. The van der Waals surface area contributed by atoms with E-state index in [4.69, 9.17) is 9.93 Å². The highest BCUT2D eigenvalue weighted by molar-refractivity contribution is 6.65. The van der Waals surface area contributed by atoms with Crippen molar-refractivity contribution in [2.45, 2.75) is 6.92 Å². The normalized spacial score (nSPS) is 13.3. The highest BCUT2D eigenvalue weighted by Crippen LogP contribution is 2.23. The minimum atomic E-state index is 0.152. The Labute approximate surface area is 149 Å². The van der Waals surface area contributed by atoms with Gasteiger partial charge in [0.1, 0.15) is 5.69 Å². The quantitative estimate of drug-likeness (QED) is 0.374. The summed E-state index contributed by atoms with van der Waals surface area (Å²) in [5.74, 6) is 1.09. The van der Waals surface area contributed by atoms with Crippen molar-refractivity contribution in [1.82, 2.24) is 10.1 Å². The highest BCUT2D eigenvalue weighted by Gasteiger charge is 2.25. The van der Waals surface area contributed by atoms with Gasteiger partial charge < -0.3 is 9.93 Å². The van der Waals surface area contributed by atoms with Gasteiger partial charge in [0.15, 0.2) is 11.4 Å². The highest BCUT2D eigenvalue weighted by atomic mass is 16.5. The fourth-order valence-electron chi connectivity index (χ4n) is 2.55. The molecule has 2 aromatic carbocycles. The Balaban J connectivity index is 1.55. The van der Waals surface area contributed by atoms with Gasteiger partial charge in [-0.25, -0.2) is 5.43 Å². The van der Waals surface area contributed by atoms with Crippen LogP contribution in [-0.4, -0.2) is 27.4 Å². The summed E-state index contributed by atoms with van der Waals surface area (Å²) in [6.07, 6.45) is 0. The molecule has 0 aliphatic carbocycles. The fourth-order valence-corrected chi connectivity index (χ4v) is 2.55. The van der Waals surface area contributed by atoms with Gasteiger partial charge >= 0.3 is 6.01 Å². The van der Waals surface area contributed by atoms with Crippen molar-refractivity contribution < 1.29 is 9.84 Å². The molecule has 4 rings (SSSR count). The lowest BCUT2D eigenvalue weighted by Crippen LogP contribution is -2.83. The number of nitrogens with two attached hydrogens (primary N) is 1. The number of nitrogens with zero attached hydrogens (tertiary/aromatic N) is 4. The first-order valence-corrected chi connectivity index (χ1v) is 8.02. The Morgan fingerprint density at radius 3 is 2.65 bits per heavy atom. The molecule has 0 spiro atoms. The van der Waals surface area contributed by atoms with Crippen LogP contribution in [0.15, 0.2) is 69.2 Å². The maximum Gasteiger partial charge on any atom is 0.342 e. The Morgan fingerprint density at radius 1 is 1.12 bits per heavy atom.